The number of aryl methyl sites for hydroxylation is 1. The van der Waals surface area contributed by atoms with Gasteiger partial charge in [0.2, 0.25) is 0 Å². The molecule has 0 aliphatic heterocycles. The van der Waals surface area contributed by atoms with Crippen molar-refractivity contribution in [1.29, 1.82) is 0 Å². The quantitative estimate of drug-likeness (QED) is 0.806. The van der Waals surface area contributed by atoms with E-state index in [4.69, 9.17) is 11.6 Å². The standard InChI is InChI=1S/C12H17ClO/c1-3-5-12(14)10-6-7-11(13)9(4-2)8-10/h6-8,12,14H,3-5H2,1-2H3/t12-/m1/s1. The molecule has 1 aromatic carbocycles. The van der Waals surface area contributed by atoms with Crippen LogP contribution in [0, 0.1) is 0 Å². The zero-order valence-corrected chi connectivity index (χ0v) is 9.51. The molecule has 0 bridgehead atoms. The first-order valence-corrected chi connectivity index (χ1v) is 5.53. The highest BCUT2D eigenvalue weighted by Gasteiger charge is 2.08. The summed E-state index contributed by atoms with van der Waals surface area (Å²) in [5, 5.41) is 10.6. The van der Waals surface area contributed by atoms with Crippen LogP contribution in [0.1, 0.15) is 43.9 Å². The van der Waals surface area contributed by atoms with Gasteiger partial charge in [-0.3, -0.25) is 0 Å². The summed E-state index contributed by atoms with van der Waals surface area (Å²) in [5.41, 5.74) is 2.09. The second-order valence-electron chi connectivity index (χ2n) is 3.51. The van der Waals surface area contributed by atoms with Crippen molar-refractivity contribution in [2.45, 2.75) is 39.2 Å². The molecule has 1 nitrogen and oxygen atoms in total. The Morgan fingerprint density at radius 1 is 1.36 bits per heavy atom. The molecule has 14 heavy (non-hydrogen) atoms. The molecule has 0 saturated carbocycles. The summed E-state index contributed by atoms with van der Waals surface area (Å²) < 4.78 is 0. The molecule has 0 aliphatic carbocycles. The van der Waals surface area contributed by atoms with E-state index in [-0.39, 0.29) is 6.10 Å². The minimum absolute atomic E-state index is 0.345. The predicted molar refractivity (Wildman–Crippen MR) is 60.7 cm³/mol. The summed E-state index contributed by atoms with van der Waals surface area (Å²) in [6, 6.07) is 5.78. The monoisotopic (exact) mass is 212 g/mol. The van der Waals surface area contributed by atoms with Crippen LogP contribution in [-0.2, 0) is 6.42 Å². The molecule has 1 atom stereocenters. The Balaban J connectivity index is 2.88. The number of aliphatic hydroxyl groups excluding tert-OH is 1. The molecule has 0 heterocycles. The molecular formula is C12H17ClO. The first-order chi connectivity index (χ1) is 6.69. The number of aliphatic hydroxyl groups is 1. The minimum atomic E-state index is -0.345. The Hall–Kier alpha value is -0.530. The van der Waals surface area contributed by atoms with Gasteiger partial charge in [0.1, 0.15) is 0 Å². The van der Waals surface area contributed by atoms with Crippen LogP contribution in [-0.4, -0.2) is 5.11 Å². The molecule has 0 radical (unpaired) electrons. The lowest BCUT2D eigenvalue weighted by Crippen LogP contribution is -1.97. The van der Waals surface area contributed by atoms with Gasteiger partial charge in [0, 0.05) is 5.02 Å². The van der Waals surface area contributed by atoms with Crippen molar-refractivity contribution in [3.8, 4) is 0 Å². The van der Waals surface area contributed by atoms with Crippen molar-refractivity contribution in [3.63, 3.8) is 0 Å². The molecule has 0 fully saturated rings. The van der Waals surface area contributed by atoms with Gasteiger partial charge in [-0.05, 0) is 30.0 Å². The zero-order valence-electron chi connectivity index (χ0n) is 8.76. The van der Waals surface area contributed by atoms with E-state index in [9.17, 15) is 5.11 Å². The molecule has 0 amide bonds. The highest BCUT2D eigenvalue weighted by Crippen LogP contribution is 2.24. The normalized spacial score (nSPS) is 12.9. The van der Waals surface area contributed by atoms with Gasteiger partial charge in [-0.1, -0.05) is 44.0 Å². The first kappa shape index (κ1) is 11.5. The van der Waals surface area contributed by atoms with Gasteiger partial charge in [-0.25, -0.2) is 0 Å². The van der Waals surface area contributed by atoms with Crippen LogP contribution in [0.2, 0.25) is 5.02 Å². The fourth-order valence-electron chi connectivity index (χ4n) is 1.51. The number of hydrogen-bond donors (Lipinski definition) is 1. The highest BCUT2D eigenvalue weighted by atomic mass is 35.5. The second kappa shape index (κ2) is 5.38. The molecule has 2 heteroatoms. The van der Waals surface area contributed by atoms with Crippen LogP contribution in [0.4, 0.5) is 0 Å². The van der Waals surface area contributed by atoms with E-state index in [0.29, 0.717) is 0 Å². The van der Waals surface area contributed by atoms with Crippen molar-refractivity contribution in [1.82, 2.24) is 0 Å². The number of benzene rings is 1. The average molecular weight is 213 g/mol. The second-order valence-corrected chi connectivity index (χ2v) is 3.92. The fourth-order valence-corrected chi connectivity index (χ4v) is 1.76. The van der Waals surface area contributed by atoms with E-state index in [2.05, 4.69) is 13.8 Å². The third-order valence-corrected chi connectivity index (χ3v) is 2.77. The van der Waals surface area contributed by atoms with E-state index in [0.717, 1.165) is 35.4 Å². The Morgan fingerprint density at radius 2 is 2.07 bits per heavy atom. The Labute approximate surface area is 90.7 Å². The van der Waals surface area contributed by atoms with Crippen LogP contribution in [0.25, 0.3) is 0 Å². The van der Waals surface area contributed by atoms with Gasteiger partial charge < -0.3 is 5.11 Å². The summed E-state index contributed by atoms with van der Waals surface area (Å²) >= 11 is 6.00. The van der Waals surface area contributed by atoms with E-state index >= 15 is 0 Å². The van der Waals surface area contributed by atoms with Crippen LogP contribution in [0.5, 0.6) is 0 Å². The van der Waals surface area contributed by atoms with Crippen molar-refractivity contribution in [2.75, 3.05) is 0 Å². The molecule has 0 saturated heterocycles. The lowest BCUT2D eigenvalue weighted by atomic mass is 10.0. The number of hydrogen-bond acceptors (Lipinski definition) is 1. The van der Waals surface area contributed by atoms with Crippen molar-refractivity contribution in [2.24, 2.45) is 0 Å². The lowest BCUT2D eigenvalue weighted by molar-refractivity contribution is 0.166. The van der Waals surface area contributed by atoms with Gasteiger partial charge >= 0.3 is 0 Å². The first-order valence-electron chi connectivity index (χ1n) is 5.15. The smallest absolute Gasteiger partial charge is 0.0790 e. The summed E-state index contributed by atoms with van der Waals surface area (Å²) in [6.45, 7) is 4.14. The van der Waals surface area contributed by atoms with Crippen molar-refractivity contribution < 1.29 is 5.11 Å². The maximum Gasteiger partial charge on any atom is 0.0790 e. The van der Waals surface area contributed by atoms with Gasteiger partial charge in [0.25, 0.3) is 0 Å². The van der Waals surface area contributed by atoms with Crippen LogP contribution in [0.3, 0.4) is 0 Å². The molecule has 1 rings (SSSR count). The molecule has 78 valence electrons. The number of halogens is 1. The number of rotatable bonds is 4. The molecule has 1 N–H and O–H groups in total. The van der Waals surface area contributed by atoms with Gasteiger partial charge in [-0.15, -0.1) is 0 Å². The average Bonchev–Trinajstić information content (AvgIpc) is 2.19. The van der Waals surface area contributed by atoms with Crippen molar-refractivity contribution >= 4 is 11.6 Å². The Bertz CT molecular complexity index is 296. The molecular weight excluding hydrogens is 196 g/mol. The molecule has 0 aromatic heterocycles. The molecule has 1 aromatic rings. The maximum atomic E-state index is 9.79. The molecule has 0 spiro atoms. The predicted octanol–water partition coefficient (Wildman–Crippen LogP) is 3.74. The fraction of sp³-hybridized carbons (Fsp3) is 0.500. The Morgan fingerprint density at radius 3 is 2.64 bits per heavy atom. The largest absolute Gasteiger partial charge is 0.388 e. The highest BCUT2D eigenvalue weighted by molar-refractivity contribution is 6.31. The van der Waals surface area contributed by atoms with Gasteiger partial charge in [-0.2, -0.15) is 0 Å². The van der Waals surface area contributed by atoms with Gasteiger partial charge in [0.15, 0.2) is 0 Å². The minimum Gasteiger partial charge on any atom is -0.388 e. The molecule has 0 unspecified atom stereocenters. The topological polar surface area (TPSA) is 20.2 Å². The lowest BCUT2D eigenvalue weighted by Gasteiger charge is -2.11. The summed E-state index contributed by atoms with van der Waals surface area (Å²) in [6.07, 6.45) is 2.37. The SMILES string of the molecule is CCC[C@@H](O)c1ccc(Cl)c(CC)c1. The van der Waals surface area contributed by atoms with E-state index in [1.54, 1.807) is 0 Å². The van der Waals surface area contributed by atoms with Crippen LogP contribution >= 0.6 is 11.6 Å². The van der Waals surface area contributed by atoms with E-state index in [1.165, 1.54) is 0 Å². The summed E-state index contributed by atoms with van der Waals surface area (Å²) in [5.74, 6) is 0. The maximum absolute atomic E-state index is 9.79. The molecule has 0 aliphatic rings. The summed E-state index contributed by atoms with van der Waals surface area (Å²) in [7, 11) is 0. The van der Waals surface area contributed by atoms with Gasteiger partial charge in [0.05, 0.1) is 6.10 Å². The van der Waals surface area contributed by atoms with Crippen LogP contribution in [0.15, 0.2) is 18.2 Å². The zero-order chi connectivity index (χ0) is 10.6. The summed E-state index contributed by atoms with van der Waals surface area (Å²) in [4.78, 5) is 0. The third kappa shape index (κ3) is 2.73. The van der Waals surface area contributed by atoms with E-state index < -0.39 is 0 Å². The van der Waals surface area contributed by atoms with Crippen molar-refractivity contribution in [3.05, 3.63) is 34.3 Å². The van der Waals surface area contributed by atoms with Crippen LogP contribution < -0.4 is 0 Å². The Kier molecular flexibility index (Phi) is 4.43. The third-order valence-electron chi connectivity index (χ3n) is 2.40. The van der Waals surface area contributed by atoms with E-state index in [1.807, 2.05) is 18.2 Å².